The Morgan fingerprint density at radius 3 is 2.68 bits per heavy atom. The van der Waals surface area contributed by atoms with Crippen molar-refractivity contribution < 1.29 is 14.3 Å². The zero-order chi connectivity index (χ0) is 19.9. The number of aromatic nitrogens is 1. The number of benzene rings is 1. The number of pyridine rings is 1. The number of aryl methyl sites for hydroxylation is 2. The van der Waals surface area contributed by atoms with E-state index in [2.05, 4.69) is 22.4 Å². The van der Waals surface area contributed by atoms with Gasteiger partial charge in [-0.15, -0.1) is 0 Å². The number of rotatable bonds is 8. The van der Waals surface area contributed by atoms with Crippen LogP contribution in [0.15, 0.2) is 36.7 Å². The molecule has 0 saturated heterocycles. The van der Waals surface area contributed by atoms with Gasteiger partial charge in [0.2, 0.25) is 5.91 Å². The van der Waals surface area contributed by atoms with Gasteiger partial charge in [-0.05, 0) is 67.9 Å². The molecule has 1 heterocycles. The van der Waals surface area contributed by atoms with Gasteiger partial charge >= 0.3 is 0 Å². The van der Waals surface area contributed by atoms with Crippen molar-refractivity contribution in [3.63, 3.8) is 0 Å². The first-order valence-electron chi connectivity index (χ1n) is 10.1. The predicted molar refractivity (Wildman–Crippen MR) is 111 cm³/mol. The molecule has 1 amide bonds. The number of carbonyl (C=O) groups is 1. The molecule has 0 bridgehead atoms. The summed E-state index contributed by atoms with van der Waals surface area (Å²) in [6.45, 7) is 3.77. The zero-order valence-electron chi connectivity index (χ0n) is 17.0. The Balaban J connectivity index is 1.70. The van der Waals surface area contributed by atoms with Gasteiger partial charge < -0.3 is 14.8 Å². The summed E-state index contributed by atoms with van der Waals surface area (Å²) in [5.41, 5.74) is 3.06. The summed E-state index contributed by atoms with van der Waals surface area (Å²) in [5.74, 6) is 1.55. The van der Waals surface area contributed by atoms with Crippen LogP contribution in [0.2, 0.25) is 0 Å². The van der Waals surface area contributed by atoms with E-state index >= 15 is 0 Å². The van der Waals surface area contributed by atoms with E-state index in [9.17, 15) is 4.79 Å². The first kappa shape index (κ1) is 20.2. The van der Waals surface area contributed by atoms with Gasteiger partial charge in [0.15, 0.2) is 11.5 Å². The zero-order valence-corrected chi connectivity index (χ0v) is 17.0. The van der Waals surface area contributed by atoms with Gasteiger partial charge in [-0.25, -0.2) is 0 Å². The molecule has 1 aliphatic rings. The molecular weight excluding hydrogens is 352 g/mol. The maximum absolute atomic E-state index is 12.0. The molecule has 0 unspecified atom stereocenters. The topological polar surface area (TPSA) is 60.5 Å². The Kier molecular flexibility index (Phi) is 6.90. The SMILES string of the molecule is COc1ccc(CCc2ccncc2NC(=O)C(C)C)cc1OC1CCCC1. The highest BCUT2D eigenvalue weighted by Gasteiger charge is 2.19. The van der Waals surface area contributed by atoms with E-state index < -0.39 is 0 Å². The van der Waals surface area contributed by atoms with Crippen molar-refractivity contribution in [2.24, 2.45) is 5.92 Å². The lowest BCUT2D eigenvalue weighted by atomic mass is 10.0. The normalized spacial score (nSPS) is 14.3. The lowest BCUT2D eigenvalue weighted by Gasteiger charge is -2.17. The predicted octanol–water partition coefficient (Wildman–Crippen LogP) is 4.79. The molecule has 1 N–H and O–H groups in total. The molecular formula is C23H30N2O3. The van der Waals surface area contributed by atoms with Crippen LogP contribution in [0.25, 0.3) is 0 Å². The smallest absolute Gasteiger partial charge is 0.226 e. The molecule has 150 valence electrons. The molecule has 0 spiro atoms. The van der Waals surface area contributed by atoms with Crippen molar-refractivity contribution in [3.05, 3.63) is 47.8 Å². The number of hydrogen-bond donors (Lipinski definition) is 1. The fraction of sp³-hybridized carbons (Fsp3) is 0.478. The first-order chi connectivity index (χ1) is 13.6. The Morgan fingerprint density at radius 1 is 1.18 bits per heavy atom. The molecule has 3 rings (SSSR count). The number of anilines is 1. The summed E-state index contributed by atoms with van der Waals surface area (Å²) in [5, 5.41) is 2.98. The lowest BCUT2D eigenvalue weighted by molar-refractivity contribution is -0.118. The quantitative estimate of drug-likeness (QED) is 0.713. The van der Waals surface area contributed by atoms with Crippen molar-refractivity contribution in [1.82, 2.24) is 4.98 Å². The van der Waals surface area contributed by atoms with Crippen LogP contribution in [0.1, 0.15) is 50.7 Å². The molecule has 0 atom stereocenters. The van der Waals surface area contributed by atoms with Crippen LogP contribution < -0.4 is 14.8 Å². The van der Waals surface area contributed by atoms with E-state index in [0.717, 1.165) is 48.4 Å². The van der Waals surface area contributed by atoms with Gasteiger partial charge in [0.05, 0.1) is 25.1 Å². The molecule has 2 aromatic rings. The summed E-state index contributed by atoms with van der Waals surface area (Å²) in [7, 11) is 1.68. The molecule has 1 saturated carbocycles. The minimum atomic E-state index is -0.0649. The van der Waals surface area contributed by atoms with Crippen LogP contribution in [-0.2, 0) is 17.6 Å². The first-order valence-corrected chi connectivity index (χ1v) is 10.1. The van der Waals surface area contributed by atoms with Crippen LogP contribution >= 0.6 is 0 Å². The Labute approximate surface area is 167 Å². The van der Waals surface area contributed by atoms with Crippen molar-refractivity contribution >= 4 is 11.6 Å². The monoisotopic (exact) mass is 382 g/mol. The number of nitrogens with one attached hydrogen (secondary N) is 1. The fourth-order valence-electron chi connectivity index (χ4n) is 3.46. The van der Waals surface area contributed by atoms with Crippen LogP contribution in [0.4, 0.5) is 5.69 Å². The highest BCUT2D eigenvalue weighted by Crippen LogP contribution is 2.33. The van der Waals surface area contributed by atoms with E-state index in [1.165, 1.54) is 18.4 Å². The number of ether oxygens (including phenoxy) is 2. The lowest BCUT2D eigenvalue weighted by Crippen LogP contribution is -2.19. The number of amides is 1. The van der Waals surface area contributed by atoms with Crippen molar-refractivity contribution in [1.29, 1.82) is 0 Å². The minimum Gasteiger partial charge on any atom is -0.493 e. The largest absolute Gasteiger partial charge is 0.493 e. The van der Waals surface area contributed by atoms with Crippen molar-refractivity contribution in [3.8, 4) is 11.5 Å². The Hall–Kier alpha value is -2.56. The maximum Gasteiger partial charge on any atom is 0.226 e. The second-order valence-electron chi connectivity index (χ2n) is 7.69. The van der Waals surface area contributed by atoms with Gasteiger partial charge in [-0.1, -0.05) is 19.9 Å². The molecule has 1 aromatic heterocycles. The highest BCUT2D eigenvalue weighted by molar-refractivity contribution is 5.92. The van der Waals surface area contributed by atoms with Crippen LogP contribution in [0, 0.1) is 5.92 Å². The molecule has 5 heteroatoms. The van der Waals surface area contributed by atoms with Gasteiger partial charge in [0, 0.05) is 12.1 Å². The van der Waals surface area contributed by atoms with Gasteiger partial charge in [0.25, 0.3) is 0 Å². The van der Waals surface area contributed by atoms with Gasteiger partial charge in [0.1, 0.15) is 0 Å². The molecule has 1 aromatic carbocycles. The average molecular weight is 383 g/mol. The molecule has 5 nitrogen and oxygen atoms in total. The van der Waals surface area contributed by atoms with E-state index in [0.29, 0.717) is 6.10 Å². The third-order valence-electron chi connectivity index (χ3n) is 5.20. The van der Waals surface area contributed by atoms with E-state index in [-0.39, 0.29) is 11.8 Å². The standard InChI is InChI=1S/C23H30N2O3/c1-16(2)23(26)25-20-15-24-13-12-18(20)10-8-17-9-11-21(27-3)22(14-17)28-19-6-4-5-7-19/h9,11-16,19H,4-8,10H2,1-3H3,(H,25,26). The van der Waals surface area contributed by atoms with Crippen LogP contribution in [0.3, 0.4) is 0 Å². The van der Waals surface area contributed by atoms with Crippen LogP contribution in [-0.4, -0.2) is 24.1 Å². The summed E-state index contributed by atoms with van der Waals surface area (Å²) in [6.07, 6.45) is 10.1. The van der Waals surface area contributed by atoms with E-state index in [4.69, 9.17) is 9.47 Å². The second kappa shape index (κ2) is 9.58. The third kappa shape index (κ3) is 5.24. The fourth-order valence-corrected chi connectivity index (χ4v) is 3.46. The number of carbonyl (C=O) groups excluding carboxylic acids is 1. The summed E-state index contributed by atoms with van der Waals surface area (Å²) >= 11 is 0. The average Bonchev–Trinajstić information content (AvgIpc) is 3.20. The molecule has 1 fully saturated rings. The number of methoxy groups -OCH3 is 1. The number of hydrogen-bond acceptors (Lipinski definition) is 4. The van der Waals surface area contributed by atoms with Crippen LogP contribution in [0.5, 0.6) is 11.5 Å². The molecule has 1 aliphatic carbocycles. The molecule has 28 heavy (non-hydrogen) atoms. The van der Waals surface area contributed by atoms with Crippen molar-refractivity contribution in [2.45, 2.75) is 58.5 Å². The van der Waals surface area contributed by atoms with Gasteiger partial charge in [-0.2, -0.15) is 0 Å². The minimum absolute atomic E-state index is 0.00551. The number of nitrogens with zero attached hydrogens (tertiary/aromatic N) is 1. The Morgan fingerprint density at radius 2 is 1.96 bits per heavy atom. The molecule has 0 radical (unpaired) electrons. The van der Waals surface area contributed by atoms with Gasteiger partial charge in [-0.3, -0.25) is 9.78 Å². The molecule has 0 aliphatic heterocycles. The third-order valence-corrected chi connectivity index (χ3v) is 5.20. The Bertz CT molecular complexity index is 798. The summed E-state index contributed by atoms with van der Waals surface area (Å²) < 4.78 is 11.7. The summed E-state index contributed by atoms with van der Waals surface area (Å²) in [4.78, 5) is 16.2. The summed E-state index contributed by atoms with van der Waals surface area (Å²) in [6, 6.07) is 8.11. The maximum atomic E-state index is 12.0. The van der Waals surface area contributed by atoms with E-state index in [1.54, 1.807) is 19.5 Å². The second-order valence-corrected chi connectivity index (χ2v) is 7.69. The van der Waals surface area contributed by atoms with Crippen molar-refractivity contribution in [2.75, 3.05) is 12.4 Å². The van der Waals surface area contributed by atoms with E-state index in [1.807, 2.05) is 26.0 Å². The highest BCUT2D eigenvalue weighted by atomic mass is 16.5.